The smallest absolute Gasteiger partial charge is 0.264 e. The van der Waals surface area contributed by atoms with Crippen molar-refractivity contribution >= 4 is 34.5 Å². The van der Waals surface area contributed by atoms with Crippen LogP contribution >= 0.6 is 23.6 Å². The normalized spacial score (nSPS) is 14.6. The number of rotatable bonds is 5. The van der Waals surface area contributed by atoms with E-state index in [1.807, 2.05) is 23.3 Å². The predicted octanol–water partition coefficient (Wildman–Crippen LogP) is 2.34. The van der Waals surface area contributed by atoms with Gasteiger partial charge in [-0.3, -0.25) is 4.79 Å². The van der Waals surface area contributed by atoms with Crippen molar-refractivity contribution in [2.24, 2.45) is 5.73 Å². The molecule has 0 bridgehead atoms. The Balaban J connectivity index is 2.08. The van der Waals surface area contributed by atoms with Gasteiger partial charge in [0.2, 0.25) is 0 Å². The van der Waals surface area contributed by atoms with Crippen LogP contribution in [0, 0.1) is 6.92 Å². The largest absolute Gasteiger partial charge is 0.393 e. The number of carbonyl (C=O) groups is 1. The monoisotopic (exact) mass is 268 g/mol. The number of hydrogen-bond donors (Lipinski definition) is 1. The topological polar surface area (TPSA) is 46.3 Å². The fourth-order valence-corrected chi connectivity index (χ4v) is 2.76. The number of amides is 1. The highest BCUT2D eigenvalue weighted by atomic mass is 32.1. The lowest BCUT2D eigenvalue weighted by Gasteiger charge is -2.21. The molecule has 2 N–H and O–H groups in total. The Morgan fingerprint density at radius 1 is 1.65 bits per heavy atom. The summed E-state index contributed by atoms with van der Waals surface area (Å²) in [5, 5.41) is 1.96. The average Bonchev–Trinajstić information content (AvgIpc) is 3.00. The fourth-order valence-electron chi connectivity index (χ4n) is 1.79. The molecule has 1 saturated carbocycles. The molecule has 17 heavy (non-hydrogen) atoms. The maximum absolute atomic E-state index is 12.4. The standard InChI is InChI=1S/C12H16N2OS2/c1-8-5-7-17-11(8)12(15)14(9-2-3-9)6-4-10(13)16/h5,7,9H,2-4,6H2,1H3,(H2,13,16). The molecule has 1 aromatic heterocycles. The lowest BCUT2D eigenvalue weighted by atomic mass is 10.2. The van der Waals surface area contributed by atoms with Crippen molar-refractivity contribution in [2.75, 3.05) is 6.54 Å². The molecule has 0 unspecified atom stereocenters. The van der Waals surface area contributed by atoms with Crippen LogP contribution in [0.5, 0.6) is 0 Å². The summed E-state index contributed by atoms with van der Waals surface area (Å²) in [6.07, 6.45) is 2.82. The highest BCUT2D eigenvalue weighted by Crippen LogP contribution is 2.30. The summed E-state index contributed by atoms with van der Waals surface area (Å²) in [6.45, 7) is 2.62. The molecule has 0 saturated heterocycles. The summed E-state index contributed by atoms with van der Waals surface area (Å²) in [5.74, 6) is 0.135. The first-order valence-corrected chi connectivity index (χ1v) is 7.01. The molecule has 1 aromatic rings. The van der Waals surface area contributed by atoms with Crippen LogP contribution in [0.3, 0.4) is 0 Å². The number of carbonyl (C=O) groups excluding carboxylic acids is 1. The summed E-state index contributed by atoms with van der Waals surface area (Å²) in [4.78, 5) is 15.6. The molecular formula is C12H16N2OS2. The Labute approximate surface area is 111 Å². The van der Waals surface area contributed by atoms with Crippen LogP contribution in [-0.2, 0) is 0 Å². The van der Waals surface area contributed by atoms with Gasteiger partial charge in [-0.15, -0.1) is 11.3 Å². The fraction of sp³-hybridized carbons (Fsp3) is 0.500. The number of hydrogen-bond acceptors (Lipinski definition) is 3. The average molecular weight is 268 g/mol. The highest BCUT2D eigenvalue weighted by Gasteiger charge is 2.33. The number of thiocarbonyl (C=S) groups is 1. The van der Waals surface area contributed by atoms with Crippen molar-refractivity contribution in [2.45, 2.75) is 32.2 Å². The van der Waals surface area contributed by atoms with Crippen LogP contribution in [0.2, 0.25) is 0 Å². The van der Waals surface area contributed by atoms with Gasteiger partial charge in [0.05, 0.1) is 9.87 Å². The van der Waals surface area contributed by atoms with Gasteiger partial charge in [-0.1, -0.05) is 12.2 Å². The highest BCUT2D eigenvalue weighted by molar-refractivity contribution is 7.80. The number of thiophene rings is 1. The van der Waals surface area contributed by atoms with Crippen molar-refractivity contribution in [1.29, 1.82) is 0 Å². The molecule has 1 fully saturated rings. The SMILES string of the molecule is Cc1ccsc1C(=O)N(CCC(N)=S)C1CC1. The van der Waals surface area contributed by atoms with Crippen molar-refractivity contribution < 1.29 is 4.79 Å². The van der Waals surface area contributed by atoms with E-state index in [2.05, 4.69) is 0 Å². The van der Waals surface area contributed by atoms with Gasteiger partial charge in [-0.05, 0) is 36.8 Å². The molecule has 0 spiro atoms. The van der Waals surface area contributed by atoms with Crippen LogP contribution in [-0.4, -0.2) is 28.4 Å². The van der Waals surface area contributed by atoms with Crippen molar-refractivity contribution in [1.82, 2.24) is 4.90 Å². The molecule has 1 aliphatic carbocycles. The summed E-state index contributed by atoms with van der Waals surface area (Å²) in [6, 6.07) is 2.38. The van der Waals surface area contributed by atoms with Gasteiger partial charge in [0, 0.05) is 19.0 Å². The third kappa shape index (κ3) is 3.04. The quantitative estimate of drug-likeness (QED) is 0.834. The summed E-state index contributed by atoms with van der Waals surface area (Å²) < 4.78 is 0. The van der Waals surface area contributed by atoms with Gasteiger partial charge in [-0.2, -0.15) is 0 Å². The third-order valence-electron chi connectivity index (χ3n) is 2.90. The zero-order valence-corrected chi connectivity index (χ0v) is 11.4. The van der Waals surface area contributed by atoms with Crippen LogP contribution in [0.4, 0.5) is 0 Å². The molecule has 0 aromatic carbocycles. The molecule has 0 radical (unpaired) electrons. The minimum atomic E-state index is 0.135. The molecule has 1 amide bonds. The van der Waals surface area contributed by atoms with E-state index in [4.69, 9.17) is 18.0 Å². The lowest BCUT2D eigenvalue weighted by molar-refractivity contribution is 0.0752. The van der Waals surface area contributed by atoms with Gasteiger partial charge < -0.3 is 10.6 Å². The summed E-state index contributed by atoms with van der Waals surface area (Å²) >= 11 is 6.39. The molecular weight excluding hydrogens is 252 g/mol. The van der Waals surface area contributed by atoms with Crippen LogP contribution < -0.4 is 5.73 Å². The van der Waals surface area contributed by atoms with Crippen LogP contribution in [0.25, 0.3) is 0 Å². The minimum Gasteiger partial charge on any atom is -0.393 e. The van der Waals surface area contributed by atoms with E-state index >= 15 is 0 Å². The molecule has 1 heterocycles. The third-order valence-corrected chi connectivity index (χ3v) is 4.11. The number of aryl methyl sites for hydroxylation is 1. The first kappa shape index (κ1) is 12.5. The van der Waals surface area contributed by atoms with Gasteiger partial charge in [0.15, 0.2) is 0 Å². The Kier molecular flexibility index (Phi) is 3.79. The zero-order chi connectivity index (χ0) is 12.4. The number of nitrogens with zero attached hydrogens (tertiary/aromatic N) is 1. The van der Waals surface area contributed by atoms with Gasteiger partial charge in [-0.25, -0.2) is 0 Å². The predicted molar refractivity (Wildman–Crippen MR) is 74.5 cm³/mol. The Morgan fingerprint density at radius 2 is 2.35 bits per heavy atom. The molecule has 0 aliphatic heterocycles. The molecule has 2 rings (SSSR count). The van der Waals surface area contributed by atoms with E-state index in [9.17, 15) is 4.79 Å². The summed E-state index contributed by atoms with van der Waals surface area (Å²) in [7, 11) is 0. The van der Waals surface area contributed by atoms with E-state index in [1.165, 1.54) is 11.3 Å². The lowest BCUT2D eigenvalue weighted by Crippen LogP contribution is -2.35. The maximum Gasteiger partial charge on any atom is 0.264 e. The van der Waals surface area contributed by atoms with Crippen molar-refractivity contribution in [3.05, 3.63) is 21.9 Å². The Bertz CT molecular complexity index is 437. The van der Waals surface area contributed by atoms with E-state index in [0.29, 0.717) is 24.0 Å². The zero-order valence-electron chi connectivity index (χ0n) is 9.81. The summed E-state index contributed by atoms with van der Waals surface area (Å²) in [5.41, 5.74) is 6.56. The Hall–Kier alpha value is -0.940. The molecule has 5 heteroatoms. The van der Waals surface area contributed by atoms with E-state index < -0.39 is 0 Å². The van der Waals surface area contributed by atoms with Crippen molar-refractivity contribution in [3.63, 3.8) is 0 Å². The first-order valence-electron chi connectivity index (χ1n) is 5.73. The molecule has 0 atom stereocenters. The second-order valence-electron chi connectivity index (χ2n) is 4.38. The molecule has 92 valence electrons. The van der Waals surface area contributed by atoms with Gasteiger partial charge in [0.25, 0.3) is 5.91 Å². The second-order valence-corrected chi connectivity index (χ2v) is 5.82. The minimum absolute atomic E-state index is 0.135. The second kappa shape index (κ2) is 5.14. The van der Waals surface area contributed by atoms with Gasteiger partial charge >= 0.3 is 0 Å². The van der Waals surface area contributed by atoms with E-state index in [0.717, 1.165) is 23.3 Å². The van der Waals surface area contributed by atoms with E-state index in [1.54, 1.807) is 0 Å². The van der Waals surface area contributed by atoms with Crippen LogP contribution in [0.15, 0.2) is 11.4 Å². The molecule has 1 aliphatic rings. The Morgan fingerprint density at radius 3 is 2.82 bits per heavy atom. The van der Waals surface area contributed by atoms with Gasteiger partial charge in [0.1, 0.15) is 0 Å². The van der Waals surface area contributed by atoms with Crippen LogP contribution in [0.1, 0.15) is 34.5 Å². The first-order chi connectivity index (χ1) is 8.09. The van der Waals surface area contributed by atoms with Crippen molar-refractivity contribution in [3.8, 4) is 0 Å². The number of nitrogens with two attached hydrogens (primary N) is 1. The van der Waals surface area contributed by atoms with E-state index in [-0.39, 0.29) is 5.91 Å². The maximum atomic E-state index is 12.4. The molecule has 3 nitrogen and oxygen atoms in total.